The summed E-state index contributed by atoms with van der Waals surface area (Å²) < 4.78 is 17.6. The van der Waals surface area contributed by atoms with E-state index in [1.807, 2.05) is 0 Å². The van der Waals surface area contributed by atoms with E-state index in [4.69, 9.17) is 9.84 Å². The van der Waals surface area contributed by atoms with Crippen molar-refractivity contribution in [3.05, 3.63) is 29.6 Å². The van der Waals surface area contributed by atoms with E-state index >= 15 is 0 Å². The second-order valence-corrected chi connectivity index (χ2v) is 2.57. The first kappa shape index (κ1) is 9.00. The van der Waals surface area contributed by atoms with Gasteiger partial charge in [0, 0.05) is 0 Å². The Balaban J connectivity index is 3.05. The Hall–Kier alpha value is -1.09. The molecule has 0 aromatic heterocycles. The molecular formula is C9H11FO2. The number of aliphatic hydroxyl groups excluding tert-OH is 1. The maximum atomic E-state index is 12.8. The van der Waals surface area contributed by atoms with Gasteiger partial charge in [-0.3, -0.25) is 0 Å². The monoisotopic (exact) mass is 170 g/mol. The Kier molecular flexibility index (Phi) is 2.65. The van der Waals surface area contributed by atoms with E-state index in [-0.39, 0.29) is 5.75 Å². The van der Waals surface area contributed by atoms with Crippen molar-refractivity contribution in [1.82, 2.24) is 0 Å². The third-order valence-electron chi connectivity index (χ3n) is 1.66. The number of ether oxygens (including phenoxy) is 1. The molecule has 0 unspecified atom stereocenters. The molecule has 1 aromatic carbocycles. The zero-order valence-electron chi connectivity index (χ0n) is 7.04. The third-order valence-corrected chi connectivity index (χ3v) is 1.66. The van der Waals surface area contributed by atoms with E-state index in [1.54, 1.807) is 6.92 Å². The van der Waals surface area contributed by atoms with Gasteiger partial charge in [0.05, 0.1) is 13.2 Å². The summed E-state index contributed by atoms with van der Waals surface area (Å²) in [7, 11) is 1.39. The number of aliphatic hydroxyl groups is 1. The van der Waals surface area contributed by atoms with E-state index in [1.165, 1.54) is 25.3 Å². The predicted octanol–water partition coefficient (Wildman–Crippen LogP) is 1.89. The molecule has 1 N–H and O–H groups in total. The Morgan fingerprint density at radius 3 is 2.67 bits per heavy atom. The summed E-state index contributed by atoms with van der Waals surface area (Å²) in [6.45, 7) is 1.62. The quantitative estimate of drug-likeness (QED) is 0.734. The van der Waals surface area contributed by atoms with Crippen LogP contribution in [-0.4, -0.2) is 12.2 Å². The molecule has 1 rings (SSSR count). The average Bonchev–Trinajstić information content (AvgIpc) is 2.05. The van der Waals surface area contributed by atoms with Crippen molar-refractivity contribution < 1.29 is 14.2 Å². The zero-order chi connectivity index (χ0) is 9.14. The minimum Gasteiger partial charge on any atom is -0.494 e. The van der Waals surface area contributed by atoms with Crippen LogP contribution in [0.1, 0.15) is 18.6 Å². The van der Waals surface area contributed by atoms with Crippen LogP contribution in [0.25, 0.3) is 0 Å². The Morgan fingerprint density at radius 1 is 1.50 bits per heavy atom. The van der Waals surface area contributed by atoms with E-state index in [2.05, 4.69) is 0 Å². The summed E-state index contributed by atoms with van der Waals surface area (Å²) >= 11 is 0. The molecule has 2 nitrogen and oxygen atoms in total. The van der Waals surface area contributed by atoms with Crippen LogP contribution in [0.2, 0.25) is 0 Å². The van der Waals surface area contributed by atoms with Crippen LogP contribution in [0.4, 0.5) is 4.39 Å². The van der Waals surface area contributed by atoms with E-state index < -0.39 is 11.9 Å². The minimum absolute atomic E-state index is 0.161. The van der Waals surface area contributed by atoms with Crippen molar-refractivity contribution in [2.45, 2.75) is 13.0 Å². The molecule has 12 heavy (non-hydrogen) atoms. The summed E-state index contributed by atoms with van der Waals surface area (Å²) in [6.07, 6.45) is -0.598. The SMILES string of the molecule is COc1cc([C@@H](C)O)ccc1F. The molecule has 0 amide bonds. The van der Waals surface area contributed by atoms with E-state index in [0.717, 1.165) is 0 Å². The molecule has 0 fully saturated rings. The molecule has 0 heterocycles. The highest BCUT2D eigenvalue weighted by molar-refractivity contribution is 5.31. The summed E-state index contributed by atoms with van der Waals surface area (Å²) in [5, 5.41) is 9.16. The van der Waals surface area contributed by atoms with Crippen LogP contribution < -0.4 is 4.74 Å². The summed E-state index contributed by atoms with van der Waals surface area (Å²) in [6, 6.07) is 4.30. The van der Waals surface area contributed by atoms with Gasteiger partial charge in [0.1, 0.15) is 0 Å². The first-order valence-corrected chi connectivity index (χ1v) is 3.66. The Labute approximate surface area is 70.6 Å². The number of benzene rings is 1. The minimum atomic E-state index is -0.598. The molecule has 3 heteroatoms. The van der Waals surface area contributed by atoms with Crippen LogP contribution in [0.5, 0.6) is 5.75 Å². The number of hydrogen-bond donors (Lipinski definition) is 1. The molecule has 0 spiro atoms. The molecule has 66 valence electrons. The van der Waals surface area contributed by atoms with Crippen LogP contribution >= 0.6 is 0 Å². The highest BCUT2D eigenvalue weighted by Gasteiger charge is 2.06. The van der Waals surface area contributed by atoms with Crippen molar-refractivity contribution in [3.63, 3.8) is 0 Å². The second-order valence-electron chi connectivity index (χ2n) is 2.57. The molecule has 1 aromatic rings. The second kappa shape index (κ2) is 3.54. The lowest BCUT2D eigenvalue weighted by molar-refractivity contribution is 0.198. The van der Waals surface area contributed by atoms with E-state index in [0.29, 0.717) is 5.56 Å². The lowest BCUT2D eigenvalue weighted by Gasteiger charge is -2.07. The van der Waals surface area contributed by atoms with Crippen molar-refractivity contribution in [1.29, 1.82) is 0 Å². The third kappa shape index (κ3) is 1.74. The number of rotatable bonds is 2. The van der Waals surface area contributed by atoms with Crippen molar-refractivity contribution in [2.24, 2.45) is 0 Å². The van der Waals surface area contributed by atoms with Crippen LogP contribution in [0.3, 0.4) is 0 Å². The van der Waals surface area contributed by atoms with Gasteiger partial charge >= 0.3 is 0 Å². The topological polar surface area (TPSA) is 29.5 Å². The molecule has 0 saturated heterocycles. The van der Waals surface area contributed by atoms with Gasteiger partial charge in [0.25, 0.3) is 0 Å². The van der Waals surface area contributed by atoms with Gasteiger partial charge in [-0.05, 0) is 24.6 Å². The van der Waals surface area contributed by atoms with Gasteiger partial charge < -0.3 is 9.84 Å². The first-order valence-electron chi connectivity index (χ1n) is 3.66. The molecule has 0 aliphatic carbocycles. The van der Waals surface area contributed by atoms with Gasteiger partial charge in [-0.2, -0.15) is 0 Å². The fraction of sp³-hybridized carbons (Fsp3) is 0.333. The molecule has 1 atom stereocenters. The number of halogens is 1. The van der Waals surface area contributed by atoms with Crippen LogP contribution in [-0.2, 0) is 0 Å². The Morgan fingerprint density at radius 2 is 2.17 bits per heavy atom. The van der Waals surface area contributed by atoms with Crippen molar-refractivity contribution in [3.8, 4) is 5.75 Å². The number of hydrogen-bond acceptors (Lipinski definition) is 2. The van der Waals surface area contributed by atoms with Crippen molar-refractivity contribution in [2.75, 3.05) is 7.11 Å². The van der Waals surface area contributed by atoms with E-state index in [9.17, 15) is 4.39 Å². The zero-order valence-corrected chi connectivity index (χ0v) is 7.04. The summed E-state index contributed by atoms with van der Waals surface area (Å²) in [4.78, 5) is 0. The van der Waals surface area contributed by atoms with Gasteiger partial charge in [-0.15, -0.1) is 0 Å². The standard InChI is InChI=1S/C9H11FO2/c1-6(11)7-3-4-8(10)9(5-7)12-2/h3-6,11H,1-2H3/t6-/m1/s1. The fourth-order valence-corrected chi connectivity index (χ4v) is 0.936. The lowest BCUT2D eigenvalue weighted by Crippen LogP contribution is -1.94. The van der Waals surface area contributed by atoms with Crippen LogP contribution in [0.15, 0.2) is 18.2 Å². The van der Waals surface area contributed by atoms with Crippen molar-refractivity contribution >= 4 is 0 Å². The predicted molar refractivity (Wildman–Crippen MR) is 43.6 cm³/mol. The normalized spacial score (nSPS) is 12.7. The maximum Gasteiger partial charge on any atom is 0.165 e. The van der Waals surface area contributed by atoms with Gasteiger partial charge in [0.2, 0.25) is 0 Å². The molecular weight excluding hydrogens is 159 g/mol. The average molecular weight is 170 g/mol. The first-order chi connectivity index (χ1) is 5.65. The highest BCUT2D eigenvalue weighted by atomic mass is 19.1. The maximum absolute atomic E-state index is 12.8. The number of methoxy groups -OCH3 is 1. The highest BCUT2D eigenvalue weighted by Crippen LogP contribution is 2.21. The molecule has 0 aliphatic rings. The summed E-state index contributed by atoms with van der Waals surface area (Å²) in [5.74, 6) is -0.254. The Bertz CT molecular complexity index is 271. The van der Waals surface area contributed by atoms with Gasteiger partial charge in [-0.25, -0.2) is 4.39 Å². The smallest absolute Gasteiger partial charge is 0.165 e. The lowest BCUT2D eigenvalue weighted by atomic mass is 10.1. The molecule has 0 radical (unpaired) electrons. The molecule has 0 saturated carbocycles. The largest absolute Gasteiger partial charge is 0.494 e. The van der Waals surface area contributed by atoms with Gasteiger partial charge in [0.15, 0.2) is 11.6 Å². The van der Waals surface area contributed by atoms with Crippen LogP contribution in [0, 0.1) is 5.82 Å². The summed E-state index contributed by atoms with van der Waals surface area (Å²) in [5.41, 5.74) is 0.647. The molecule has 0 aliphatic heterocycles. The van der Waals surface area contributed by atoms with Gasteiger partial charge in [-0.1, -0.05) is 6.07 Å². The molecule has 0 bridgehead atoms. The fourth-order valence-electron chi connectivity index (χ4n) is 0.936.